The van der Waals surface area contributed by atoms with Crippen molar-refractivity contribution in [1.82, 2.24) is 0 Å². The van der Waals surface area contributed by atoms with E-state index in [1.165, 1.54) is 0 Å². The molecule has 1 fully saturated rings. The average Bonchev–Trinajstić information content (AvgIpc) is 2.97. The molecule has 1 aromatic rings. The molecule has 1 aromatic carbocycles. The van der Waals surface area contributed by atoms with Gasteiger partial charge in [0.2, 0.25) is 5.66 Å². The van der Waals surface area contributed by atoms with Gasteiger partial charge >= 0.3 is 0 Å². The smallest absolute Gasteiger partial charge is 0.221 e. The molecule has 22 heavy (non-hydrogen) atoms. The van der Waals surface area contributed by atoms with Gasteiger partial charge in [0.15, 0.2) is 5.60 Å². The molecule has 0 saturated heterocycles. The summed E-state index contributed by atoms with van der Waals surface area (Å²) < 4.78 is 11.9. The van der Waals surface area contributed by atoms with Gasteiger partial charge < -0.3 is 15.2 Å². The maximum atomic E-state index is 6.44. The van der Waals surface area contributed by atoms with Gasteiger partial charge in [-0.15, -0.1) is 0 Å². The zero-order valence-corrected chi connectivity index (χ0v) is 13.0. The van der Waals surface area contributed by atoms with Crippen LogP contribution in [0, 0.1) is 0 Å². The van der Waals surface area contributed by atoms with Crippen LogP contribution in [-0.4, -0.2) is 30.4 Å². The minimum atomic E-state index is -0.712. The number of aliphatic imine (C=N–C) groups is 2. The van der Waals surface area contributed by atoms with E-state index in [9.17, 15) is 0 Å². The Hall–Kier alpha value is -1.88. The van der Waals surface area contributed by atoms with Crippen LogP contribution in [0.5, 0.6) is 5.75 Å². The lowest BCUT2D eigenvalue weighted by Crippen LogP contribution is -2.52. The lowest BCUT2D eigenvalue weighted by atomic mass is 9.73. The highest BCUT2D eigenvalue weighted by Crippen LogP contribution is 2.58. The second-order valence-electron chi connectivity index (χ2n) is 6.39. The van der Waals surface area contributed by atoms with Crippen molar-refractivity contribution in [3.05, 3.63) is 29.8 Å². The molecule has 2 N–H and O–H groups in total. The van der Waals surface area contributed by atoms with E-state index in [4.69, 9.17) is 25.2 Å². The molecule has 0 bridgehead atoms. The van der Waals surface area contributed by atoms with Gasteiger partial charge in [-0.3, -0.25) is 0 Å². The lowest BCUT2D eigenvalue weighted by molar-refractivity contribution is -0.0521. The molecule has 2 spiro atoms. The molecule has 0 amide bonds. The van der Waals surface area contributed by atoms with Gasteiger partial charge in [0.1, 0.15) is 11.6 Å². The van der Waals surface area contributed by atoms with Crippen LogP contribution in [0.2, 0.25) is 0 Å². The van der Waals surface area contributed by atoms with E-state index in [1.54, 1.807) is 7.11 Å². The molecule has 0 aromatic heterocycles. The van der Waals surface area contributed by atoms with Crippen LogP contribution in [0.1, 0.15) is 38.2 Å². The molecule has 2 aliphatic heterocycles. The van der Waals surface area contributed by atoms with E-state index in [0.29, 0.717) is 11.9 Å². The van der Waals surface area contributed by atoms with Crippen molar-refractivity contribution in [3.8, 4) is 5.75 Å². The standard InChI is InChI=1S/C17H21N3O2/c1-11-15(18)20-17(19-11)13-5-3-4-6-14(13)22-16(17)9-7-12(21-2)8-10-16/h3-6,12H,7-10H2,1-2H3,(H2,18,20). The molecule has 5 heteroatoms. The summed E-state index contributed by atoms with van der Waals surface area (Å²) in [5.41, 5.74) is 6.76. The number of benzene rings is 1. The zero-order chi connectivity index (χ0) is 15.4. The van der Waals surface area contributed by atoms with Crippen LogP contribution in [0.3, 0.4) is 0 Å². The monoisotopic (exact) mass is 299 g/mol. The third-order valence-corrected chi connectivity index (χ3v) is 5.26. The normalized spacial score (nSPS) is 36.2. The van der Waals surface area contributed by atoms with E-state index in [0.717, 1.165) is 42.7 Å². The summed E-state index contributed by atoms with van der Waals surface area (Å²) in [6.45, 7) is 1.92. The Bertz CT molecular complexity index is 654. The van der Waals surface area contributed by atoms with Crippen LogP contribution in [0.25, 0.3) is 0 Å². The Morgan fingerprint density at radius 1 is 1.23 bits per heavy atom. The van der Waals surface area contributed by atoms with Crippen molar-refractivity contribution in [2.24, 2.45) is 15.7 Å². The number of hydrogen-bond acceptors (Lipinski definition) is 5. The second kappa shape index (κ2) is 4.56. The number of para-hydroxylation sites is 1. The molecular weight excluding hydrogens is 278 g/mol. The lowest BCUT2D eigenvalue weighted by Gasteiger charge is -2.42. The first-order valence-electron chi connectivity index (χ1n) is 7.84. The van der Waals surface area contributed by atoms with Gasteiger partial charge in [0.25, 0.3) is 0 Å². The number of rotatable bonds is 1. The van der Waals surface area contributed by atoms with E-state index in [1.807, 2.05) is 25.1 Å². The molecule has 0 radical (unpaired) electrons. The number of ether oxygens (including phenoxy) is 2. The molecule has 1 saturated carbocycles. The third-order valence-electron chi connectivity index (χ3n) is 5.26. The number of methoxy groups -OCH3 is 1. The van der Waals surface area contributed by atoms with E-state index >= 15 is 0 Å². The van der Waals surface area contributed by atoms with Gasteiger partial charge in [-0.2, -0.15) is 0 Å². The number of nitrogens with zero attached hydrogens (tertiary/aromatic N) is 2. The third kappa shape index (κ3) is 1.63. The summed E-state index contributed by atoms with van der Waals surface area (Å²) in [5.74, 6) is 1.40. The van der Waals surface area contributed by atoms with Crippen molar-refractivity contribution < 1.29 is 9.47 Å². The maximum Gasteiger partial charge on any atom is 0.221 e. The highest BCUT2D eigenvalue weighted by atomic mass is 16.5. The minimum Gasteiger partial charge on any atom is -0.482 e. The fourth-order valence-corrected chi connectivity index (χ4v) is 4.02. The highest BCUT2D eigenvalue weighted by Gasteiger charge is 2.63. The molecule has 1 aliphatic carbocycles. The van der Waals surface area contributed by atoms with Gasteiger partial charge in [-0.25, -0.2) is 9.98 Å². The predicted molar refractivity (Wildman–Crippen MR) is 85.5 cm³/mol. The Morgan fingerprint density at radius 2 is 1.95 bits per heavy atom. The Labute approximate surface area is 130 Å². The number of amidine groups is 1. The van der Waals surface area contributed by atoms with Crippen molar-refractivity contribution in [3.63, 3.8) is 0 Å². The van der Waals surface area contributed by atoms with Crippen LogP contribution < -0.4 is 10.5 Å². The van der Waals surface area contributed by atoms with E-state index in [2.05, 4.69) is 6.07 Å². The molecule has 2 heterocycles. The summed E-state index contributed by atoms with van der Waals surface area (Å²) in [4.78, 5) is 9.69. The fraction of sp³-hybridized carbons (Fsp3) is 0.529. The zero-order valence-electron chi connectivity index (χ0n) is 13.0. The number of nitrogens with two attached hydrogens (primary N) is 1. The van der Waals surface area contributed by atoms with Crippen LogP contribution in [0.15, 0.2) is 34.3 Å². The molecule has 116 valence electrons. The SMILES string of the molecule is COC1CCC2(CC1)Oc1ccccc1C21N=C(C)C(N)=N1. The topological polar surface area (TPSA) is 69.2 Å². The van der Waals surface area contributed by atoms with Gasteiger partial charge in [0.05, 0.1) is 11.8 Å². The van der Waals surface area contributed by atoms with Crippen molar-refractivity contribution in [1.29, 1.82) is 0 Å². The molecule has 3 aliphatic rings. The summed E-state index contributed by atoms with van der Waals surface area (Å²) in [6, 6.07) is 8.07. The van der Waals surface area contributed by atoms with Crippen molar-refractivity contribution >= 4 is 11.5 Å². The quantitative estimate of drug-likeness (QED) is 0.865. The Kier molecular flexibility index (Phi) is 2.85. The molecule has 1 unspecified atom stereocenters. The molecule has 1 atom stereocenters. The highest BCUT2D eigenvalue weighted by molar-refractivity contribution is 6.41. The van der Waals surface area contributed by atoms with Crippen LogP contribution in [-0.2, 0) is 10.4 Å². The fourth-order valence-electron chi connectivity index (χ4n) is 4.02. The summed E-state index contributed by atoms with van der Waals surface area (Å²) in [5, 5.41) is 0. The second-order valence-corrected chi connectivity index (χ2v) is 6.39. The first-order valence-corrected chi connectivity index (χ1v) is 7.84. The van der Waals surface area contributed by atoms with Gasteiger partial charge in [0, 0.05) is 12.7 Å². The van der Waals surface area contributed by atoms with E-state index in [-0.39, 0.29) is 0 Å². The van der Waals surface area contributed by atoms with Crippen molar-refractivity contribution in [2.45, 2.75) is 50.0 Å². The summed E-state index contributed by atoms with van der Waals surface area (Å²) in [6.07, 6.45) is 3.94. The van der Waals surface area contributed by atoms with E-state index < -0.39 is 11.3 Å². The minimum absolute atomic E-state index is 0.294. The number of fused-ring (bicyclic) bond motifs is 3. The first kappa shape index (κ1) is 13.8. The summed E-state index contributed by atoms with van der Waals surface area (Å²) >= 11 is 0. The van der Waals surface area contributed by atoms with Crippen LogP contribution >= 0.6 is 0 Å². The molecule has 5 nitrogen and oxygen atoms in total. The molecule has 4 rings (SSSR count). The average molecular weight is 299 g/mol. The predicted octanol–water partition coefficient (Wildman–Crippen LogP) is 2.39. The number of hydrogen-bond donors (Lipinski definition) is 1. The Balaban J connectivity index is 1.84. The van der Waals surface area contributed by atoms with Crippen molar-refractivity contribution in [2.75, 3.05) is 7.11 Å². The first-order chi connectivity index (χ1) is 10.6. The maximum absolute atomic E-state index is 6.44. The largest absolute Gasteiger partial charge is 0.482 e. The Morgan fingerprint density at radius 3 is 2.59 bits per heavy atom. The van der Waals surface area contributed by atoms with Gasteiger partial charge in [-0.1, -0.05) is 18.2 Å². The summed E-state index contributed by atoms with van der Waals surface area (Å²) in [7, 11) is 1.77. The van der Waals surface area contributed by atoms with Gasteiger partial charge in [-0.05, 0) is 38.7 Å². The molecular formula is C17H21N3O2. The van der Waals surface area contributed by atoms with Crippen LogP contribution in [0.4, 0.5) is 0 Å².